The average Bonchev–Trinajstić information content (AvgIpc) is 2.48. The van der Waals surface area contributed by atoms with E-state index in [-0.39, 0.29) is 6.04 Å². The van der Waals surface area contributed by atoms with E-state index in [1.165, 1.54) is 0 Å². The van der Waals surface area contributed by atoms with Crippen LogP contribution in [0.4, 0.5) is 0 Å². The Kier molecular flexibility index (Phi) is 5.40. The van der Waals surface area contributed by atoms with Gasteiger partial charge in [-0.1, -0.05) is 24.6 Å². The number of nitrogens with zero attached hydrogens (tertiary/aromatic N) is 1. The first-order valence-electron chi connectivity index (χ1n) is 6.34. The standard InChI is InChI=1S/C15H16BrClN2O/c1-3-18-14(10-6-7-12(17)11(16)9-10)15-13(20-2)5-4-8-19-15/h4-9,14,18H,3H2,1-2H3. The highest BCUT2D eigenvalue weighted by molar-refractivity contribution is 9.10. The smallest absolute Gasteiger partial charge is 0.142 e. The molecule has 0 bridgehead atoms. The number of methoxy groups -OCH3 is 1. The van der Waals surface area contributed by atoms with E-state index < -0.39 is 0 Å². The van der Waals surface area contributed by atoms with E-state index in [1.54, 1.807) is 13.3 Å². The molecule has 2 aromatic rings. The molecule has 1 N–H and O–H groups in total. The number of pyridine rings is 1. The second-order valence-corrected chi connectivity index (χ2v) is 5.52. The molecule has 0 radical (unpaired) electrons. The van der Waals surface area contributed by atoms with Gasteiger partial charge in [0.1, 0.15) is 11.4 Å². The van der Waals surface area contributed by atoms with Crippen LogP contribution in [0.25, 0.3) is 0 Å². The van der Waals surface area contributed by atoms with Gasteiger partial charge in [0, 0.05) is 10.7 Å². The Morgan fingerprint density at radius 3 is 2.85 bits per heavy atom. The summed E-state index contributed by atoms with van der Waals surface area (Å²) in [5, 5.41) is 4.12. The zero-order valence-electron chi connectivity index (χ0n) is 11.4. The van der Waals surface area contributed by atoms with Crippen molar-refractivity contribution in [1.29, 1.82) is 0 Å². The average molecular weight is 356 g/mol. The van der Waals surface area contributed by atoms with Crippen molar-refractivity contribution in [3.05, 3.63) is 57.3 Å². The Morgan fingerprint density at radius 2 is 2.20 bits per heavy atom. The molecule has 0 saturated heterocycles. The molecule has 1 aromatic carbocycles. The number of nitrogens with one attached hydrogen (secondary N) is 1. The number of ether oxygens (including phenoxy) is 1. The van der Waals surface area contributed by atoms with Gasteiger partial charge < -0.3 is 10.1 Å². The van der Waals surface area contributed by atoms with Crippen molar-refractivity contribution < 1.29 is 4.74 Å². The minimum Gasteiger partial charge on any atom is -0.495 e. The number of benzene rings is 1. The van der Waals surface area contributed by atoms with Crippen LogP contribution in [0.15, 0.2) is 41.0 Å². The first-order valence-corrected chi connectivity index (χ1v) is 7.51. The molecule has 0 amide bonds. The summed E-state index contributed by atoms with van der Waals surface area (Å²) in [4.78, 5) is 4.46. The maximum atomic E-state index is 6.06. The normalized spacial score (nSPS) is 12.2. The highest BCUT2D eigenvalue weighted by atomic mass is 79.9. The summed E-state index contributed by atoms with van der Waals surface area (Å²) < 4.78 is 6.28. The van der Waals surface area contributed by atoms with E-state index in [2.05, 4.69) is 33.2 Å². The van der Waals surface area contributed by atoms with Gasteiger partial charge in [0.2, 0.25) is 0 Å². The summed E-state index contributed by atoms with van der Waals surface area (Å²) in [5.41, 5.74) is 1.95. The van der Waals surface area contributed by atoms with Gasteiger partial charge >= 0.3 is 0 Å². The minimum absolute atomic E-state index is 0.0373. The van der Waals surface area contributed by atoms with Crippen molar-refractivity contribution in [3.63, 3.8) is 0 Å². The number of hydrogen-bond donors (Lipinski definition) is 1. The number of halogens is 2. The molecule has 0 saturated carbocycles. The number of aromatic nitrogens is 1. The van der Waals surface area contributed by atoms with E-state index in [0.29, 0.717) is 5.02 Å². The van der Waals surface area contributed by atoms with Crippen LogP contribution in [0.1, 0.15) is 24.2 Å². The van der Waals surface area contributed by atoms with Crippen LogP contribution in [-0.2, 0) is 0 Å². The largest absolute Gasteiger partial charge is 0.495 e. The van der Waals surface area contributed by atoms with E-state index in [1.807, 2.05) is 30.3 Å². The predicted octanol–water partition coefficient (Wildman–Crippen LogP) is 4.21. The van der Waals surface area contributed by atoms with Gasteiger partial charge in [-0.2, -0.15) is 0 Å². The molecule has 1 unspecified atom stereocenters. The molecule has 0 spiro atoms. The van der Waals surface area contributed by atoms with Crippen LogP contribution in [0.2, 0.25) is 5.02 Å². The molecule has 0 aliphatic rings. The van der Waals surface area contributed by atoms with Gasteiger partial charge in [-0.05, 0) is 52.3 Å². The Balaban J connectivity index is 2.47. The lowest BCUT2D eigenvalue weighted by Gasteiger charge is -2.20. The number of hydrogen-bond acceptors (Lipinski definition) is 3. The van der Waals surface area contributed by atoms with Crippen LogP contribution in [0.3, 0.4) is 0 Å². The topological polar surface area (TPSA) is 34.2 Å². The van der Waals surface area contributed by atoms with Crippen LogP contribution < -0.4 is 10.1 Å². The van der Waals surface area contributed by atoms with Crippen molar-refractivity contribution >= 4 is 27.5 Å². The third-order valence-electron chi connectivity index (χ3n) is 2.98. The second kappa shape index (κ2) is 7.07. The summed E-state index contributed by atoms with van der Waals surface area (Å²) in [7, 11) is 1.65. The third kappa shape index (κ3) is 3.32. The van der Waals surface area contributed by atoms with E-state index in [4.69, 9.17) is 16.3 Å². The lowest BCUT2D eigenvalue weighted by molar-refractivity contribution is 0.400. The van der Waals surface area contributed by atoms with Crippen molar-refractivity contribution in [2.45, 2.75) is 13.0 Å². The van der Waals surface area contributed by atoms with Crippen molar-refractivity contribution in [2.24, 2.45) is 0 Å². The van der Waals surface area contributed by atoms with Crippen LogP contribution in [0, 0.1) is 0 Å². The first kappa shape index (κ1) is 15.3. The van der Waals surface area contributed by atoms with Gasteiger partial charge in [-0.3, -0.25) is 4.98 Å². The molecular formula is C15H16BrClN2O. The fraction of sp³-hybridized carbons (Fsp3) is 0.267. The molecule has 1 atom stereocenters. The van der Waals surface area contributed by atoms with Gasteiger partial charge in [0.15, 0.2) is 0 Å². The van der Waals surface area contributed by atoms with Crippen molar-refractivity contribution in [2.75, 3.05) is 13.7 Å². The van der Waals surface area contributed by atoms with Gasteiger partial charge in [0.25, 0.3) is 0 Å². The summed E-state index contributed by atoms with van der Waals surface area (Å²) in [6, 6.07) is 9.62. The summed E-state index contributed by atoms with van der Waals surface area (Å²) in [6.45, 7) is 2.89. The first-order chi connectivity index (χ1) is 9.67. The van der Waals surface area contributed by atoms with Gasteiger partial charge in [-0.25, -0.2) is 0 Å². The summed E-state index contributed by atoms with van der Waals surface area (Å²) in [6.07, 6.45) is 1.77. The lowest BCUT2D eigenvalue weighted by Crippen LogP contribution is -2.23. The molecule has 5 heteroatoms. The monoisotopic (exact) mass is 354 g/mol. The second-order valence-electron chi connectivity index (χ2n) is 4.26. The molecule has 1 heterocycles. The zero-order valence-corrected chi connectivity index (χ0v) is 13.7. The van der Waals surface area contributed by atoms with Crippen LogP contribution >= 0.6 is 27.5 Å². The molecule has 2 rings (SSSR count). The fourth-order valence-corrected chi connectivity index (χ4v) is 2.57. The third-order valence-corrected chi connectivity index (χ3v) is 4.19. The minimum atomic E-state index is -0.0373. The predicted molar refractivity (Wildman–Crippen MR) is 85.5 cm³/mol. The van der Waals surface area contributed by atoms with Crippen LogP contribution in [-0.4, -0.2) is 18.6 Å². The fourth-order valence-electron chi connectivity index (χ4n) is 2.06. The molecule has 3 nitrogen and oxygen atoms in total. The Bertz CT molecular complexity index is 592. The zero-order chi connectivity index (χ0) is 14.5. The lowest BCUT2D eigenvalue weighted by atomic mass is 10.0. The summed E-state index contributed by atoms with van der Waals surface area (Å²) >= 11 is 9.52. The van der Waals surface area contributed by atoms with E-state index in [9.17, 15) is 0 Å². The highest BCUT2D eigenvalue weighted by Crippen LogP contribution is 2.31. The molecule has 0 fully saturated rings. The Labute approximate surface area is 132 Å². The van der Waals surface area contributed by atoms with Crippen LogP contribution in [0.5, 0.6) is 5.75 Å². The Hall–Kier alpha value is -1.10. The molecule has 0 aliphatic heterocycles. The molecule has 20 heavy (non-hydrogen) atoms. The van der Waals surface area contributed by atoms with Gasteiger partial charge in [0.05, 0.1) is 18.2 Å². The highest BCUT2D eigenvalue weighted by Gasteiger charge is 2.19. The number of rotatable bonds is 5. The van der Waals surface area contributed by atoms with Gasteiger partial charge in [-0.15, -0.1) is 0 Å². The molecule has 1 aromatic heterocycles. The SMILES string of the molecule is CCNC(c1ccc(Cl)c(Br)c1)c1ncccc1OC. The van der Waals surface area contributed by atoms with E-state index >= 15 is 0 Å². The summed E-state index contributed by atoms with van der Waals surface area (Å²) in [5.74, 6) is 0.768. The molecule has 0 aliphatic carbocycles. The molecular weight excluding hydrogens is 340 g/mol. The maximum absolute atomic E-state index is 6.06. The Morgan fingerprint density at radius 1 is 1.40 bits per heavy atom. The maximum Gasteiger partial charge on any atom is 0.142 e. The van der Waals surface area contributed by atoms with Crippen molar-refractivity contribution in [1.82, 2.24) is 10.3 Å². The van der Waals surface area contributed by atoms with E-state index in [0.717, 1.165) is 28.0 Å². The molecule has 106 valence electrons. The quantitative estimate of drug-likeness (QED) is 0.872. The van der Waals surface area contributed by atoms with Crippen molar-refractivity contribution in [3.8, 4) is 5.75 Å².